The molecule has 1 aromatic heterocycles. The number of furan rings is 1. The number of piperazine rings is 1. The summed E-state index contributed by atoms with van der Waals surface area (Å²) in [5, 5.41) is 4.32. The van der Waals surface area contributed by atoms with Crippen LogP contribution in [0.15, 0.2) is 28.7 Å². The van der Waals surface area contributed by atoms with Crippen LogP contribution in [0.25, 0.3) is 11.0 Å². The second-order valence-electron chi connectivity index (χ2n) is 5.26. The molecule has 1 aliphatic heterocycles. The topological polar surface area (TPSA) is 45.5 Å². The summed E-state index contributed by atoms with van der Waals surface area (Å²) in [5.41, 5.74) is 1.94. The molecule has 0 bridgehead atoms. The van der Waals surface area contributed by atoms with Crippen LogP contribution in [-0.2, 0) is 0 Å². The first-order valence-electron chi connectivity index (χ1n) is 6.66. The predicted molar refractivity (Wildman–Crippen MR) is 81.6 cm³/mol. The van der Waals surface area contributed by atoms with Gasteiger partial charge in [0.25, 0.3) is 5.91 Å². The summed E-state index contributed by atoms with van der Waals surface area (Å²) in [5.74, 6) is 0.428. The molecule has 4 nitrogen and oxygen atoms in total. The fourth-order valence-electron chi connectivity index (χ4n) is 2.54. The Labute approximate surface area is 124 Å². The average molecular weight is 295 g/mol. The van der Waals surface area contributed by atoms with E-state index in [0.717, 1.165) is 30.6 Å². The lowest BCUT2D eigenvalue weighted by Crippen LogP contribution is -2.51. The summed E-state index contributed by atoms with van der Waals surface area (Å²) >= 11 is 0. The molecule has 5 heteroatoms. The van der Waals surface area contributed by atoms with Gasteiger partial charge in [-0.2, -0.15) is 0 Å². The zero-order chi connectivity index (χ0) is 13.4. The van der Waals surface area contributed by atoms with E-state index in [1.165, 1.54) is 5.56 Å². The van der Waals surface area contributed by atoms with Gasteiger partial charge in [0.1, 0.15) is 5.58 Å². The Morgan fingerprint density at radius 1 is 1.40 bits per heavy atom. The minimum atomic E-state index is -0.0118. The second kappa shape index (κ2) is 5.85. The molecule has 0 spiro atoms. The maximum atomic E-state index is 12.4. The van der Waals surface area contributed by atoms with Crippen LogP contribution < -0.4 is 5.32 Å². The third-order valence-corrected chi connectivity index (χ3v) is 3.54. The van der Waals surface area contributed by atoms with E-state index in [9.17, 15) is 4.79 Å². The number of nitrogens with zero attached hydrogens (tertiary/aromatic N) is 1. The van der Waals surface area contributed by atoms with Crippen molar-refractivity contribution in [1.82, 2.24) is 10.2 Å². The Balaban J connectivity index is 0.00000147. The zero-order valence-electron chi connectivity index (χ0n) is 11.7. The third kappa shape index (κ3) is 2.81. The molecule has 3 rings (SSSR count). The quantitative estimate of drug-likeness (QED) is 0.879. The largest absolute Gasteiger partial charge is 0.451 e. The molecule has 1 atom stereocenters. The number of rotatable bonds is 1. The SMILES string of the molecule is Cc1ccc2oc(C(=O)N3CCN[C@H](C)C3)cc2c1.Cl. The van der Waals surface area contributed by atoms with Gasteiger partial charge in [-0.1, -0.05) is 11.6 Å². The Bertz CT molecular complexity index is 623. The van der Waals surface area contributed by atoms with Crippen molar-refractivity contribution in [3.05, 3.63) is 35.6 Å². The van der Waals surface area contributed by atoms with Crippen molar-refractivity contribution in [3.63, 3.8) is 0 Å². The summed E-state index contributed by atoms with van der Waals surface area (Å²) in [4.78, 5) is 14.3. The van der Waals surface area contributed by atoms with Crippen molar-refractivity contribution in [3.8, 4) is 0 Å². The molecule has 20 heavy (non-hydrogen) atoms. The average Bonchev–Trinajstić information content (AvgIpc) is 2.80. The number of hydrogen-bond acceptors (Lipinski definition) is 3. The van der Waals surface area contributed by atoms with Gasteiger partial charge in [-0.05, 0) is 32.0 Å². The predicted octanol–water partition coefficient (Wildman–Crippen LogP) is 2.60. The number of nitrogens with one attached hydrogen (secondary N) is 1. The Hall–Kier alpha value is -1.52. The number of hydrogen-bond donors (Lipinski definition) is 1. The van der Waals surface area contributed by atoms with Crippen molar-refractivity contribution in [2.75, 3.05) is 19.6 Å². The van der Waals surface area contributed by atoms with Gasteiger partial charge in [0.2, 0.25) is 0 Å². The number of carbonyl (C=O) groups excluding carboxylic acids is 1. The lowest BCUT2D eigenvalue weighted by molar-refractivity contribution is 0.0679. The van der Waals surface area contributed by atoms with E-state index in [0.29, 0.717) is 11.8 Å². The standard InChI is InChI=1S/C15H18N2O2.ClH/c1-10-3-4-13-12(7-10)8-14(19-13)15(18)17-6-5-16-11(2)9-17;/h3-4,7-8,11,16H,5-6,9H2,1-2H3;1H/t11-;/m1./s1. The lowest BCUT2D eigenvalue weighted by atomic mass is 10.2. The van der Waals surface area contributed by atoms with Gasteiger partial charge >= 0.3 is 0 Å². The normalized spacial score (nSPS) is 18.9. The monoisotopic (exact) mass is 294 g/mol. The molecule has 2 aromatic rings. The Morgan fingerprint density at radius 2 is 2.20 bits per heavy atom. The molecule has 0 radical (unpaired) electrons. The van der Waals surface area contributed by atoms with E-state index in [1.807, 2.05) is 36.1 Å². The minimum absolute atomic E-state index is 0. The summed E-state index contributed by atoms with van der Waals surface area (Å²) in [6.07, 6.45) is 0. The van der Waals surface area contributed by atoms with Crippen LogP contribution in [0, 0.1) is 6.92 Å². The molecule has 1 N–H and O–H groups in total. The number of aryl methyl sites for hydroxylation is 1. The van der Waals surface area contributed by atoms with Crippen LogP contribution in [0.5, 0.6) is 0 Å². The number of carbonyl (C=O) groups is 1. The van der Waals surface area contributed by atoms with Crippen LogP contribution in [0.1, 0.15) is 23.0 Å². The molecule has 1 amide bonds. The van der Waals surface area contributed by atoms with Crippen LogP contribution in [-0.4, -0.2) is 36.5 Å². The van der Waals surface area contributed by atoms with Gasteiger partial charge in [-0.25, -0.2) is 0 Å². The molecule has 1 aliphatic rings. The van der Waals surface area contributed by atoms with Gasteiger partial charge in [-0.15, -0.1) is 12.4 Å². The first-order chi connectivity index (χ1) is 9.13. The molecule has 2 heterocycles. The smallest absolute Gasteiger partial charge is 0.289 e. The van der Waals surface area contributed by atoms with Crippen molar-refractivity contribution >= 4 is 29.3 Å². The molecule has 0 unspecified atom stereocenters. The molecule has 1 saturated heterocycles. The second-order valence-corrected chi connectivity index (χ2v) is 5.26. The van der Waals surface area contributed by atoms with Gasteiger partial charge in [0.05, 0.1) is 0 Å². The number of amides is 1. The Morgan fingerprint density at radius 3 is 2.95 bits per heavy atom. The van der Waals surface area contributed by atoms with Gasteiger partial charge in [-0.3, -0.25) is 4.79 Å². The first kappa shape index (κ1) is 14.9. The van der Waals surface area contributed by atoms with Gasteiger partial charge in [0.15, 0.2) is 5.76 Å². The molecule has 108 valence electrons. The molecule has 0 aliphatic carbocycles. The van der Waals surface area contributed by atoms with Crippen LogP contribution in [0.3, 0.4) is 0 Å². The van der Waals surface area contributed by atoms with E-state index in [2.05, 4.69) is 12.2 Å². The Kier molecular flexibility index (Phi) is 4.35. The fourth-order valence-corrected chi connectivity index (χ4v) is 2.54. The van der Waals surface area contributed by atoms with E-state index in [1.54, 1.807) is 0 Å². The zero-order valence-corrected chi connectivity index (χ0v) is 12.5. The molecular formula is C15H19ClN2O2. The summed E-state index contributed by atoms with van der Waals surface area (Å²) in [6, 6.07) is 8.13. The number of benzene rings is 1. The van der Waals surface area contributed by atoms with Gasteiger partial charge in [0, 0.05) is 31.1 Å². The summed E-state index contributed by atoms with van der Waals surface area (Å²) in [7, 11) is 0. The maximum absolute atomic E-state index is 12.4. The van der Waals surface area contributed by atoms with Crippen molar-refractivity contribution in [2.45, 2.75) is 19.9 Å². The lowest BCUT2D eigenvalue weighted by Gasteiger charge is -2.31. The van der Waals surface area contributed by atoms with E-state index >= 15 is 0 Å². The summed E-state index contributed by atoms with van der Waals surface area (Å²) in [6.45, 7) is 6.42. The van der Waals surface area contributed by atoms with Crippen molar-refractivity contribution < 1.29 is 9.21 Å². The highest BCUT2D eigenvalue weighted by atomic mass is 35.5. The van der Waals surface area contributed by atoms with E-state index in [4.69, 9.17) is 4.42 Å². The minimum Gasteiger partial charge on any atom is -0.451 e. The molecule has 0 saturated carbocycles. The van der Waals surface area contributed by atoms with Crippen LogP contribution in [0.2, 0.25) is 0 Å². The highest BCUT2D eigenvalue weighted by molar-refractivity contribution is 5.96. The third-order valence-electron chi connectivity index (χ3n) is 3.54. The highest BCUT2D eigenvalue weighted by Gasteiger charge is 2.24. The fraction of sp³-hybridized carbons (Fsp3) is 0.400. The number of fused-ring (bicyclic) bond motifs is 1. The van der Waals surface area contributed by atoms with E-state index in [-0.39, 0.29) is 18.3 Å². The first-order valence-corrected chi connectivity index (χ1v) is 6.66. The van der Waals surface area contributed by atoms with Crippen molar-refractivity contribution in [2.24, 2.45) is 0 Å². The summed E-state index contributed by atoms with van der Waals surface area (Å²) < 4.78 is 5.66. The van der Waals surface area contributed by atoms with Crippen LogP contribution >= 0.6 is 12.4 Å². The highest BCUT2D eigenvalue weighted by Crippen LogP contribution is 2.22. The maximum Gasteiger partial charge on any atom is 0.289 e. The number of halogens is 1. The molecular weight excluding hydrogens is 276 g/mol. The van der Waals surface area contributed by atoms with Gasteiger partial charge < -0.3 is 14.6 Å². The van der Waals surface area contributed by atoms with Crippen molar-refractivity contribution in [1.29, 1.82) is 0 Å². The molecule has 1 fully saturated rings. The van der Waals surface area contributed by atoms with E-state index < -0.39 is 0 Å². The molecule has 1 aromatic carbocycles. The van der Waals surface area contributed by atoms with Crippen LogP contribution in [0.4, 0.5) is 0 Å².